The summed E-state index contributed by atoms with van der Waals surface area (Å²) in [4.78, 5) is 15.8. The van der Waals surface area contributed by atoms with Crippen molar-refractivity contribution in [3.05, 3.63) is 52.2 Å². The summed E-state index contributed by atoms with van der Waals surface area (Å²) < 4.78 is 1.42. The van der Waals surface area contributed by atoms with E-state index in [9.17, 15) is 4.79 Å². The number of aryl methyl sites for hydroxylation is 1. The zero-order valence-corrected chi connectivity index (χ0v) is 10.9. The molecule has 20 heavy (non-hydrogen) atoms. The zero-order chi connectivity index (χ0) is 14.1. The molecule has 1 aromatic carbocycles. The Bertz CT molecular complexity index is 802. The Morgan fingerprint density at radius 1 is 1.35 bits per heavy atom. The summed E-state index contributed by atoms with van der Waals surface area (Å²) in [5.74, 6) is 1.26. The second kappa shape index (κ2) is 4.69. The van der Waals surface area contributed by atoms with Gasteiger partial charge in [-0.3, -0.25) is 0 Å². The van der Waals surface area contributed by atoms with Gasteiger partial charge in [0.05, 0.1) is 0 Å². The number of H-pyrrole nitrogens is 1. The third-order valence-corrected chi connectivity index (χ3v) is 3.02. The van der Waals surface area contributed by atoms with Crippen molar-refractivity contribution in [2.24, 2.45) is 0 Å². The largest absolute Gasteiger partial charge is 0.399 e. The molecule has 102 valence electrons. The highest BCUT2D eigenvalue weighted by Crippen LogP contribution is 2.11. The van der Waals surface area contributed by atoms with Crippen LogP contribution in [0.3, 0.4) is 0 Å². The molecule has 0 aliphatic heterocycles. The van der Waals surface area contributed by atoms with E-state index in [4.69, 9.17) is 5.73 Å². The maximum Gasteiger partial charge on any atom is 0.349 e. The molecule has 0 unspecified atom stereocenters. The normalized spacial score (nSPS) is 10.8. The van der Waals surface area contributed by atoms with E-state index < -0.39 is 0 Å². The van der Waals surface area contributed by atoms with Crippen molar-refractivity contribution in [2.75, 3.05) is 11.1 Å². The molecule has 0 atom stereocenters. The van der Waals surface area contributed by atoms with Crippen molar-refractivity contribution in [1.29, 1.82) is 0 Å². The molecule has 7 nitrogen and oxygen atoms in total. The number of fused-ring (bicyclic) bond motifs is 1. The number of aromatic amines is 1. The monoisotopic (exact) mass is 270 g/mol. The first kappa shape index (κ1) is 12.2. The first-order valence-electron chi connectivity index (χ1n) is 6.16. The van der Waals surface area contributed by atoms with Crippen molar-refractivity contribution in [2.45, 2.75) is 13.5 Å². The van der Waals surface area contributed by atoms with Crippen LogP contribution in [0, 0.1) is 6.92 Å². The summed E-state index contributed by atoms with van der Waals surface area (Å²) in [5.41, 5.74) is 7.73. The number of rotatable bonds is 3. The second-order valence-corrected chi connectivity index (χ2v) is 4.51. The minimum absolute atomic E-state index is 0.282. The molecule has 0 bridgehead atoms. The first-order chi connectivity index (χ1) is 9.63. The number of nitrogens with zero attached hydrogens (tertiary/aromatic N) is 3. The van der Waals surface area contributed by atoms with E-state index >= 15 is 0 Å². The Morgan fingerprint density at radius 3 is 2.85 bits per heavy atom. The lowest BCUT2D eigenvalue weighted by atomic mass is 10.2. The van der Waals surface area contributed by atoms with Crippen LogP contribution in [-0.2, 0) is 6.54 Å². The highest BCUT2D eigenvalue weighted by atomic mass is 16.1. The molecule has 0 amide bonds. The third kappa shape index (κ3) is 2.20. The van der Waals surface area contributed by atoms with Crippen molar-refractivity contribution in [1.82, 2.24) is 19.6 Å². The third-order valence-electron chi connectivity index (χ3n) is 3.02. The predicted octanol–water partition coefficient (Wildman–Crippen LogP) is 0.920. The maximum absolute atomic E-state index is 11.5. The van der Waals surface area contributed by atoms with Gasteiger partial charge in [-0.25, -0.2) is 19.3 Å². The molecule has 4 N–H and O–H groups in total. The Kier molecular flexibility index (Phi) is 2.86. The summed E-state index contributed by atoms with van der Waals surface area (Å²) in [6.45, 7) is 2.38. The van der Waals surface area contributed by atoms with E-state index in [2.05, 4.69) is 20.5 Å². The molecule has 0 saturated carbocycles. The van der Waals surface area contributed by atoms with Gasteiger partial charge in [-0.2, -0.15) is 5.10 Å². The average molecular weight is 270 g/mol. The molecule has 0 aliphatic carbocycles. The zero-order valence-electron chi connectivity index (χ0n) is 10.9. The standard InChI is InChI=1S/C13H14N6O/c1-8-16-11(6-12-17-18-13(20)19(8)12)15-7-9-2-4-10(14)5-3-9/h2-6,15H,7,14H2,1H3,(H,18,20). The Morgan fingerprint density at radius 2 is 2.10 bits per heavy atom. The van der Waals surface area contributed by atoms with E-state index in [1.165, 1.54) is 4.40 Å². The molecule has 0 spiro atoms. The van der Waals surface area contributed by atoms with Crippen LogP contribution in [0.4, 0.5) is 11.5 Å². The number of aromatic nitrogens is 4. The summed E-state index contributed by atoms with van der Waals surface area (Å²) >= 11 is 0. The number of hydrogen-bond donors (Lipinski definition) is 3. The SMILES string of the molecule is Cc1nc(NCc2ccc(N)cc2)cc2n[nH]c(=O)n12. The smallest absolute Gasteiger partial charge is 0.349 e. The summed E-state index contributed by atoms with van der Waals surface area (Å²) in [6, 6.07) is 9.33. The minimum atomic E-state index is -0.282. The van der Waals surface area contributed by atoms with Crippen LogP contribution in [0.2, 0.25) is 0 Å². The van der Waals surface area contributed by atoms with E-state index in [-0.39, 0.29) is 5.69 Å². The number of benzene rings is 1. The molecular formula is C13H14N6O. The average Bonchev–Trinajstić information content (AvgIpc) is 2.80. The van der Waals surface area contributed by atoms with Gasteiger partial charge in [0.2, 0.25) is 0 Å². The van der Waals surface area contributed by atoms with Gasteiger partial charge in [-0.1, -0.05) is 12.1 Å². The second-order valence-electron chi connectivity index (χ2n) is 4.51. The van der Waals surface area contributed by atoms with Gasteiger partial charge in [0.25, 0.3) is 0 Å². The molecule has 0 radical (unpaired) electrons. The van der Waals surface area contributed by atoms with Crippen molar-refractivity contribution in [3.63, 3.8) is 0 Å². The molecule has 0 fully saturated rings. The van der Waals surface area contributed by atoms with Gasteiger partial charge in [-0.15, -0.1) is 0 Å². The maximum atomic E-state index is 11.5. The quantitative estimate of drug-likeness (QED) is 0.614. The lowest BCUT2D eigenvalue weighted by molar-refractivity contribution is 0.931. The molecule has 2 heterocycles. The summed E-state index contributed by atoms with van der Waals surface area (Å²) in [6.07, 6.45) is 0. The van der Waals surface area contributed by atoms with Crippen molar-refractivity contribution >= 4 is 17.2 Å². The van der Waals surface area contributed by atoms with E-state index in [0.29, 0.717) is 23.8 Å². The van der Waals surface area contributed by atoms with E-state index in [1.807, 2.05) is 24.3 Å². The Hall–Kier alpha value is -2.83. The van der Waals surface area contributed by atoms with Crippen LogP contribution in [-0.4, -0.2) is 19.6 Å². The summed E-state index contributed by atoms with van der Waals surface area (Å²) in [5, 5.41) is 9.54. The molecule has 7 heteroatoms. The fraction of sp³-hybridized carbons (Fsp3) is 0.154. The van der Waals surface area contributed by atoms with E-state index in [1.54, 1.807) is 13.0 Å². The number of nitrogens with one attached hydrogen (secondary N) is 2. The predicted molar refractivity (Wildman–Crippen MR) is 76.5 cm³/mol. The highest BCUT2D eigenvalue weighted by Gasteiger charge is 2.06. The van der Waals surface area contributed by atoms with Crippen LogP contribution in [0.5, 0.6) is 0 Å². The Labute approximate surface area is 114 Å². The highest BCUT2D eigenvalue weighted by molar-refractivity contribution is 5.50. The molecule has 3 rings (SSSR count). The number of nitrogens with two attached hydrogens (primary N) is 1. The molecule has 2 aromatic heterocycles. The van der Waals surface area contributed by atoms with Crippen LogP contribution in [0.25, 0.3) is 5.65 Å². The molecule has 3 aromatic rings. The fourth-order valence-corrected chi connectivity index (χ4v) is 2.02. The lowest BCUT2D eigenvalue weighted by Gasteiger charge is -2.07. The van der Waals surface area contributed by atoms with Crippen molar-refractivity contribution in [3.8, 4) is 0 Å². The van der Waals surface area contributed by atoms with Crippen LogP contribution >= 0.6 is 0 Å². The van der Waals surface area contributed by atoms with Gasteiger partial charge in [-0.05, 0) is 24.6 Å². The van der Waals surface area contributed by atoms with Crippen molar-refractivity contribution < 1.29 is 0 Å². The van der Waals surface area contributed by atoms with Crippen LogP contribution in [0.1, 0.15) is 11.4 Å². The first-order valence-corrected chi connectivity index (χ1v) is 6.16. The molecular weight excluding hydrogens is 256 g/mol. The van der Waals surface area contributed by atoms with Gasteiger partial charge in [0.1, 0.15) is 11.6 Å². The van der Waals surface area contributed by atoms with Gasteiger partial charge in [0.15, 0.2) is 5.65 Å². The van der Waals surface area contributed by atoms with Gasteiger partial charge < -0.3 is 11.1 Å². The lowest BCUT2D eigenvalue weighted by Crippen LogP contribution is -2.14. The summed E-state index contributed by atoms with van der Waals surface area (Å²) in [7, 11) is 0. The number of nitrogen functional groups attached to an aromatic ring is 1. The van der Waals surface area contributed by atoms with Gasteiger partial charge >= 0.3 is 5.69 Å². The van der Waals surface area contributed by atoms with Crippen LogP contribution in [0.15, 0.2) is 35.1 Å². The number of hydrogen-bond acceptors (Lipinski definition) is 5. The molecule has 0 saturated heterocycles. The topological polar surface area (TPSA) is 101 Å². The van der Waals surface area contributed by atoms with Crippen LogP contribution < -0.4 is 16.7 Å². The Balaban J connectivity index is 1.84. The minimum Gasteiger partial charge on any atom is -0.399 e. The van der Waals surface area contributed by atoms with Gasteiger partial charge in [0, 0.05) is 18.3 Å². The molecule has 0 aliphatic rings. The fourth-order valence-electron chi connectivity index (χ4n) is 2.02. The number of anilines is 2. The van der Waals surface area contributed by atoms with E-state index in [0.717, 1.165) is 11.3 Å².